The fourth-order valence-corrected chi connectivity index (χ4v) is 4.39. The number of aromatic amines is 1. The van der Waals surface area contributed by atoms with Crippen molar-refractivity contribution in [3.8, 4) is 0 Å². The second kappa shape index (κ2) is 7.36. The number of benzene rings is 1. The van der Waals surface area contributed by atoms with Crippen LogP contribution in [-0.2, 0) is 0 Å². The lowest BCUT2D eigenvalue weighted by Gasteiger charge is -2.23. The number of anilines is 1. The molecule has 1 aromatic carbocycles. The maximum absolute atomic E-state index is 13.3. The smallest absolute Gasteiger partial charge is 0.270 e. The van der Waals surface area contributed by atoms with Gasteiger partial charge in [-0.25, -0.2) is 4.39 Å². The van der Waals surface area contributed by atoms with E-state index >= 15 is 0 Å². The molecule has 1 aliphatic rings. The van der Waals surface area contributed by atoms with Crippen LogP contribution >= 0.6 is 11.3 Å². The summed E-state index contributed by atoms with van der Waals surface area (Å²) in [5.41, 5.74) is 0.988. The van der Waals surface area contributed by atoms with Gasteiger partial charge in [0.25, 0.3) is 11.8 Å². The predicted octanol–water partition coefficient (Wildman–Crippen LogP) is 4.44. The number of nitrogens with one attached hydrogen (secondary N) is 2. The zero-order valence-corrected chi connectivity index (χ0v) is 15.3. The molecular weight excluding hydrogens is 365 g/mol. The van der Waals surface area contributed by atoms with Gasteiger partial charge in [0.1, 0.15) is 11.5 Å². The molecule has 0 spiro atoms. The number of hydrogen-bond donors (Lipinski definition) is 2. The maximum Gasteiger partial charge on any atom is 0.270 e. The van der Waals surface area contributed by atoms with Gasteiger partial charge in [-0.3, -0.25) is 9.59 Å². The van der Waals surface area contributed by atoms with E-state index in [1.54, 1.807) is 36.5 Å². The monoisotopic (exact) mass is 383 g/mol. The Labute approximate surface area is 159 Å². The number of carbonyl (C=O) groups excluding carboxylic acids is 2. The SMILES string of the molecule is O=C(Nc1cccc(F)c1)c1ccc([C@@H]2CCCN2C(=O)c2ccc[nH]2)s1. The highest BCUT2D eigenvalue weighted by molar-refractivity contribution is 7.14. The Hall–Kier alpha value is -2.93. The van der Waals surface area contributed by atoms with Crippen molar-refractivity contribution in [2.24, 2.45) is 0 Å². The van der Waals surface area contributed by atoms with Crippen LogP contribution in [0.25, 0.3) is 0 Å². The van der Waals surface area contributed by atoms with Crippen molar-refractivity contribution in [2.45, 2.75) is 18.9 Å². The van der Waals surface area contributed by atoms with Crippen molar-refractivity contribution in [3.63, 3.8) is 0 Å². The van der Waals surface area contributed by atoms with Gasteiger partial charge in [-0.1, -0.05) is 6.07 Å². The normalized spacial score (nSPS) is 16.5. The molecule has 1 saturated heterocycles. The number of H-pyrrole nitrogens is 1. The molecule has 7 heteroatoms. The Morgan fingerprint density at radius 1 is 1.19 bits per heavy atom. The van der Waals surface area contributed by atoms with E-state index in [-0.39, 0.29) is 17.9 Å². The molecule has 2 amide bonds. The molecule has 3 heterocycles. The van der Waals surface area contributed by atoms with Gasteiger partial charge in [-0.05, 0) is 55.3 Å². The fraction of sp³-hybridized carbons (Fsp3) is 0.200. The fourth-order valence-electron chi connectivity index (χ4n) is 3.34. The van der Waals surface area contributed by atoms with E-state index < -0.39 is 5.82 Å². The van der Waals surface area contributed by atoms with Gasteiger partial charge in [0.2, 0.25) is 0 Å². The highest BCUT2D eigenvalue weighted by atomic mass is 32.1. The first-order chi connectivity index (χ1) is 13.1. The number of aromatic nitrogens is 1. The minimum absolute atomic E-state index is 0.0262. The molecule has 2 N–H and O–H groups in total. The number of nitrogens with zero attached hydrogens (tertiary/aromatic N) is 1. The number of amides is 2. The van der Waals surface area contributed by atoms with E-state index in [9.17, 15) is 14.0 Å². The van der Waals surface area contributed by atoms with Crippen molar-refractivity contribution in [2.75, 3.05) is 11.9 Å². The third kappa shape index (κ3) is 3.64. The number of carbonyl (C=O) groups is 2. The maximum atomic E-state index is 13.3. The molecule has 5 nitrogen and oxygen atoms in total. The van der Waals surface area contributed by atoms with Crippen LogP contribution in [0.15, 0.2) is 54.7 Å². The van der Waals surface area contributed by atoms with Gasteiger partial charge in [-0.15, -0.1) is 11.3 Å². The Balaban J connectivity index is 1.49. The Bertz CT molecular complexity index is 967. The molecule has 3 aromatic rings. The Morgan fingerprint density at radius 3 is 2.85 bits per heavy atom. The summed E-state index contributed by atoms with van der Waals surface area (Å²) in [6.45, 7) is 0.700. The second-order valence-corrected chi connectivity index (χ2v) is 7.52. The van der Waals surface area contributed by atoms with Gasteiger partial charge in [0.15, 0.2) is 0 Å². The van der Waals surface area contributed by atoms with Gasteiger partial charge in [0, 0.05) is 23.3 Å². The molecule has 0 bridgehead atoms. The summed E-state index contributed by atoms with van der Waals surface area (Å²) in [6, 6.07) is 13.0. The Kier molecular flexibility index (Phi) is 4.77. The molecule has 27 heavy (non-hydrogen) atoms. The first-order valence-electron chi connectivity index (χ1n) is 8.73. The summed E-state index contributed by atoms with van der Waals surface area (Å²) in [5.74, 6) is -0.706. The van der Waals surface area contributed by atoms with Crippen LogP contribution in [0.3, 0.4) is 0 Å². The lowest BCUT2D eigenvalue weighted by molar-refractivity contribution is 0.0732. The van der Waals surface area contributed by atoms with Crippen molar-refractivity contribution in [3.05, 3.63) is 76.0 Å². The van der Waals surface area contributed by atoms with Crippen LogP contribution in [0.2, 0.25) is 0 Å². The predicted molar refractivity (Wildman–Crippen MR) is 102 cm³/mol. The largest absolute Gasteiger partial charge is 0.357 e. The summed E-state index contributed by atoms with van der Waals surface area (Å²) in [4.78, 5) is 31.5. The summed E-state index contributed by atoms with van der Waals surface area (Å²) in [6.07, 6.45) is 3.54. The molecule has 138 valence electrons. The second-order valence-electron chi connectivity index (χ2n) is 6.41. The minimum atomic E-state index is -0.399. The number of thiophene rings is 1. The van der Waals surface area contributed by atoms with Crippen LogP contribution in [0.1, 0.15) is 43.9 Å². The lowest BCUT2D eigenvalue weighted by atomic mass is 10.2. The molecule has 0 unspecified atom stereocenters. The number of hydrogen-bond acceptors (Lipinski definition) is 3. The van der Waals surface area contributed by atoms with E-state index in [4.69, 9.17) is 0 Å². The highest BCUT2D eigenvalue weighted by Crippen LogP contribution is 2.36. The van der Waals surface area contributed by atoms with Crippen molar-refractivity contribution < 1.29 is 14.0 Å². The summed E-state index contributed by atoms with van der Waals surface area (Å²) >= 11 is 1.37. The number of likely N-dealkylation sites (tertiary alicyclic amines) is 1. The average Bonchev–Trinajstić information content (AvgIpc) is 3.41. The van der Waals surface area contributed by atoms with Crippen molar-refractivity contribution >= 4 is 28.8 Å². The average molecular weight is 383 g/mol. The zero-order chi connectivity index (χ0) is 18.8. The van der Waals surface area contributed by atoms with E-state index in [1.807, 2.05) is 11.0 Å². The molecular formula is C20H18FN3O2S. The van der Waals surface area contributed by atoms with Gasteiger partial charge >= 0.3 is 0 Å². The van der Waals surface area contributed by atoms with Crippen LogP contribution in [0, 0.1) is 5.82 Å². The summed E-state index contributed by atoms with van der Waals surface area (Å²) < 4.78 is 13.3. The summed E-state index contributed by atoms with van der Waals surface area (Å²) in [5, 5.41) is 2.71. The number of rotatable bonds is 4. The molecule has 0 saturated carbocycles. The van der Waals surface area contributed by atoms with Gasteiger partial charge in [0.05, 0.1) is 10.9 Å². The van der Waals surface area contributed by atoms with E-state index in [0.29, 0.717) is 22.8 Å². The molecule has 0 radical (unpaired) electrons. The third-order valence-electron chi connectivity index (χ3n) is 4.60. The van der Waals surface area contributed by atoms with Crippen LogP contribution in [0.5, 0.6) is 0 Å². The van der Waals surface area contributed by atoms with E-state index in [0.717, 1.165) is 17.7 Å². The van der Waals surface area contributed by atoms with Crippen LogP contribution in [0.4, 0.5) is 10.1 Å². The Morgan fingerprint density at radius 2 is 2.07 bits per heavy atom. The van der Waals surface area contributed by atoms with Crippen LogP contribution < -0.4 is 5.32 Å². The molecule has 2 aromatic heterocycles. The van der Waals surface area contributed by atoms with Crippen molar-refractivity contribution in [1.29, 1.82) is 0 Å². The standard InChI is InChI=1S/C20H18FN3O2S/c21-13-4-1-5-14(12-13)23-19(25)18-9-8-17(27-18)16-7-3-11-24(16)20(26)15-6-2-10-22-15/h1-2,4-6,8-10,12,16,22H,3,7,11H2,(H,23,25)/t16-/m0/s1. The lowest BCUT2D eigenvalue weighted by Crippen LogP contribution is -2.30. The highest BCUT2D eigenvalue weighted by Gasteiger charge is 2.32. The van der Waals surface area contributed by atoms with Crippen molar-refractivity contribution in [1.82, 2.24) is 9.88 Å². The minimum Gasteiger partial charge on any atom is -0.357 e. The molecule has 1 fully saturated rings. The first-order valence-corrected chi connectivity index (χ1v) is 9.54. The van der Waals surface area contributed by atoms with Gasteiger partial charge < -0.3 is 15.2 Å². The van der Waals surface area contributed by atoms with Crippen LogP contribution in [-0.4, -0.2) is 28.2 Å². The third-order valence-corrected chi connectivity index (χ3v) is 5.79. The topological polar surface area (TPSA) is 65.2 Å². The summed E-state index contributed by atoms with van der Waals surface area (Å²) in [7, 11) is 0. The van der Waals surface area contributed by atoms with E-state index in [2.05, 4.69) is 10.3 Å². The molecule has 0 aliphatic carbocycles. The molecule has 1 atom stereocenters. The zero-order valence-electron chi connectivity index (χ0n) is 14.4. The molecule has 4 rings (SSSR count). The quantitative estimate of drug-likeness (QED) is 0.699. The first kappa shape index (κ1) is 17.5. The van der Waals surface area contributed by atoms with E-state index in [1.165, 1.54) is 23.5 Å². The molecule has 1 aliphatic heterocycles. The van der Waals surface area contributed by atoms with Gasteiger partial charge in [-0.2, -0.15) is 0 Å². The number of halogens is 1.